The van der Waals surface area contributed by atoms with E-state index in [-0.39, 0.29) is 0 Å². The molecular weight excluding hydrogens is 270 g/mol. The Hall–Kier alpha value is -1.98. The van der Waals surface area contributed by atoms with E-state index in [1.54, 1.807) is 17.7 Å². The minimum atomic E-state index is 0.612. The minimum absolute atomic E-state index is 0.612. The predicted molar refractivity (Wildman–Crippen MR) is 81.4 cm³/mol. The standard InChI is InChI=1S/C15H15N3OS/c1-10-6-13-14(17-9-18-15(13)20-10)19-12-5-3-4-11(7-12)8-16-2/h3-7,9,16H,8H2,1-2H3. The summed E-state index contributed by atoms with van der Waals surface area (Å²) in [5.74, 6) is 1.41. The monoisotopic (exact) mass is 285 g/mol. The average molecular weight is 285 g/mol. The second-order valence-corrected chi connectivity index (χ2v) is 5.77. The molecule has 0 atom stereocenters. The molecule has 2 aromatic heterocycles. The summed E-state index contributed by atoms with van der Waals surface area (Å²) in [6, 6.07) is 10.1. The van der Waals surface area contributed by atoms with Gasteiger partial charge in [-0.15, -0.1) is 11.3 Å². The molecule has 2 heterocycles. The molecule has 0 saturated heterocycles. The van der Waals surface area contributed by atoms with Gasteiger partial charge in [-0.25, -0.2) is 9.97 Å². The highest BCUT2D eigenvalue weighted by Gasteiger charge is 2.09. The lowest BCUT2D eigenvalue weighted by Crippen LogP contribution is -2.04. The number of aryl methyl sites for hydroxylation is 1. The maximum absolute atomic E-state index is 5.92. The van der Waals surface area contributed by atoms with Gasteiger partial charge >= 0.3 is 0 Å². The van der Waals surface area contributed by atoms with E-state index in [1.165, 1.54) is 10.4 Å². The second-order valence-electron chi connectivity index (χ2n) is 4.53. The fourth-order valence-electron chi connectivity index (χ4n) is 2.07. The summed E-state index contributed by atoms with van der Waals surface area (Å²) in [7, 11) is 1.93. The van der Waals surface area contributed by atoms with Crippen molar-refractivity contribution in [2.45, 2.75) is 13.5 Å². The fourth-order valence-corrected chi connectivity index (χ4v) is 2.91. The third-order valence-corrected chi connectivity index (χ3v) is 3.87. The number of aromatic nitrogens is 2. The van der Waals surface area contributed by atoms with Crippen molar-refractivity contribution in [2.75, 3.05) is 7.05 Å². The Labute approximate surface area is 121 Å². The minimum Gasteiger partial charge on any atom is -0.438 e. The molecule has 0 aliphatic heterocycles. The first-order valence-electron chi connectivity index (χ1n) is 6.39. The third-order valence-electron chi connectivity index (χ3n) is 2.91. The predicted octanol–water partition coefficient (Wildman–Crippen LogP) is 3.51. The summed E-state index contributed by atoms with van der Waals surface area (Å²) in [5.41, 5.74) is 1.18. The molecule has 0 radical (unpaired) electrons. The van der Waals surface area contributed by atoms with Gasteiger partial charge in [-0.3, -0.25) is 0 Å². The van der Waals surface area contributed by atoms with Gasteiger partial charge < -0.3 is 10.1 Å². The zero-order chi connectivity index (χ0) is 13.9. The summed E-state index contributed by atoms with van der Waals surface area (Å²) in [6.45, 7) is 2.87. The summed E-state index contributed by atoms with van der Waals surface area (Å²) in [6.07, 6.45) is 1.55. The highest BCUT2D eigenvalue weighted by Crippen LogP contribution is 2.31. The van der Waals surface area contributed by atoms with E-state index in [2.05, 4.69) is 34.3 Å². The molecule has 0 aliphatic carbocycles. The number of nitrogens with zero attached hydrogens (tertiary/aromatic N) is 2. The van der Waals surface area contributed by atoms with Crippen molar-refractivity contribution < 1.29 is 4.74 Å². The molecule has 5 heteroatoms. The quantitative estimate of drug-likeness (QED) is 0.797. The van der Waals surface area contributed by atoms with E-state index in [4.69, 9.17) is 4.74 Å². The molecule has 0 saturated carbocycles. The van der Waals surface area contributed by atoms with Crippen molar-refractivity contribution in [3.63, 3.8) is 0 Å². The molecule has 0 unspecified atom stereocenters. The maximum atomic E-state index is 5.92. The van der Waals surface area contributed by atoms with E-state index in [0.29, 0.717) is 5.88 Å². The first-order valence-corrected chi connectivity index (χ1v) is 7.20. The summed E-state index contributed by atoms with van der Waals surface area (Å²) in [5, 5.41) is 4.10. The summed E-state index contributed by atoms with van der Waals surface area (Å²) < 4.78 is 5.92. The number of ether oxygens (including phenoxy) is 1. The van der Waals surface area contributed by atoms with Crippen LogP contribution in [0.15, 0.2) is 36.7 Å². The van der Waals surface area contributed by atoms with Crippen molar-refractivity contribution in [3.8, 4) is 11.6 Å². The van der Waals surface area contributed by atoms with Crippen LogP contribution in [0.3, 0.4) is 0 Å². The molecule has 1 N–H and O–H groups in total. The molecule has 0 bridgehead atoms. The molecule has 4 nitrogen and oxygen atoms in total. The normalized spacial score (nSPS) is 10.9. The Balaban J connectivity index is 1.94. The lowest BCUT2D eigenvalue weighted by Gasteiger charge is -2.07. The maximum Gasteiger partial charge on any atom is 0.231 e. The van der Waals surface area contributed by atoms with Gasteiger partial charge in [-0.1, -0.05) is 12.1 Å². The first kappa shape index (κ1) is 13.0. The zero-order valence-corrected chi connectivity index (χ0v) is 12.2. The van der Waals surface area contributed by atoms with E-state index in [1.807, 2.05) is 25.2 Å². The molecule has 3 aromatic rings. The van der Waals surface area contributed by atoms with Crippen LogP contribution in [0.1, 0.15) is 10.4 Å². The average Bonchev–Trinajstić information content (AvgIpc) is 2.81. The van der Waals surface area contributed by atoms with Gasteiger partial charge in [0.1, 0.15) is 16.9 Å². The lowest BCUT2D eigenvalue weighted by molar-refractivity contribution is 0.467. The molecule has 3 rings (SSSR count). The number of nitrogens with one attached hydrogen (secondary N) is 1. The van der Waals surface area contributed by atoms with Crippen molar-refractivity contribution in [1.29, 1.82) is 0 Å². The highest BCUT2D eigenvalue weighted by atomic mass is 32.1. The molecule has 102 valence electrons. The highest BCUT2D eigenvalue weighted by molar-refractivity contribution is 7.18. The van der Waals surface area contributed by atoms with Crippen LogP contribution in [0.25, 0.3) is 10.2 Å². The van der Waals surface area contributed by atoms with Crippen molar-refractivity contribution in [1.82, 2.24) is 15.3 Å². The SMILES string of the molecule is CNCc1cccc(Oc2ncnc3sc(C)cc23)c1. The van der Waals surface area contributed by atoms with Crippen LogP contribution in [0.4, 0.5) is 0 Å². The fraction of sp³-hybridized carbons (Fsp3) is 0.200. The van der Waals surface area contributed by atoms with Crippen molar-refractivity contribution in [3.05, 3.63) is 47.1 Å². The second kappa shape index (κ2) is 5.56. The van der Waals surface area contributed by atoms with Crippen LogP contribution in [-0.2, 0) is 6.54 Å². The van der Waals surface area contributed by atoms with Crippen LogP contribution in [-0.4, -0.2) is 17.0 Å². The van der Waals surface area contributed by atoms with Gasteiger partial charge in [0.15, 0.2) is 0 Å². The lowest BCUT2D eigenvalue weighted by atomic mass is 10.2. The molecule has 20 heavy (non-hydrogen) atoms. The topological polar surface area (TPSA) is 47.0 Å². The summed E-state index contributed by atoms with van der Waals surface area (Å²) >= 11 is 1.65. The van der Waals surface area contributed by atoms with Crippen LogP contribution in [0.5, 0.6) is 11.6 Å². The van der Waals surface area contributed by atoms with E-state index >= 15 is 0 Å². The number of rotatable bonds is 4. The van der Waals surface area contributed by atoms with Gasteiger partial charge in [-0.05, 0) is 37.7 Å². The van der Waals surface area contributed by atoms with Crippen molar-refractivity contribution in [2.24, 2.45) is 0 Å². The van der Waals surface area contributed by atoms with Gasteiger partial charge in [0, 0.05) is 11.4 Å². The van der Waals surface area contributed by atoms with Crippen LogP contribution in [0.2, 0.25) is 0 Å². The Morgan fingerprint density at radius 1 is 1.25 bits per heavy atom. The Bertz CT molecular complexity index is 739. The van der Waals surface area contributed by atoms with Gasteiger partial charge in [0.25, 0.3) is 0 Å². The molecule has 1 aromatic carbocycles. The van der Waals surface area contributed by atoms with Crippen LogP contribution >= 0.6 is 11.3 Å². The Morgan fingerprint density at radius 2 is 2.15 bits per heavy atom. The number of hydrogen-bond acceptors (Lipinski definition) is 5. The largest absolute Gasteiger partial charge is 0.438 e. The Morgan fingerprint density at radius 3 is 3.00 bits per heavy atom. The van der Waals surface area contributed by atoms with Crippen molar-refractivity contribution >= 4 is 21.6 Å². The van der Waals surface area contributed by atoms with E-state index < -0.39 is 0 Å². The van der Waals surface area contributed by atoms with Gasteiger partial charge in [-0.2, -0.15) is 0 Å². The first-order chi connectivity index (χ1) is 9.76. The number of benzene rings is 1. The van der Waals surface area contributed by atoms with E-state index in [0.717, 1.165) is 22.5 Å². The van der Waals surface area contributed by atoms with Crippen LogP contribution in [0, 0.1) is 6.92 Å². The smallest absolute Gasteiger partial charge is 0.231 e. The molecule has 0 amide bonds. The number of thiophene rings is 1. The van der Waals surface area contributed by atoms with Gasteiger partial charge in [0.05, 0.1) is 5.39 Å². The number of fused-ring (bicyclic) bond motifs is 1. The molecule has 0 spiro atoms. The zero-order valence-electron chi connectivity index (χ0n) is 11.4. The molecule has 0 fully saturated rings. The third kappa shape index (κ3) is 2.64. The molecular formula is C15H15N3OS. The van der Waals surface area contributed by atoms with Gasteiger partial charge in [0.2, 0.25) is 5.88 Å². The van der Waals surface area contributed by atoms with E-state index in [9.17, 15) is 0 Å². The summed E-state index contributed by atoms with van der Waals surface area (Å²) in [4.78, 5) is 10.7. The Kier molecular flexibility index (Phi) is 3.62. The van der Waals surface area contributed by atoms with Crippen LogP contribution < -0.4 is 10.1 Å². The number of hydrogen-bond donors (Lipinski definition) is 1. The molecule has 0 aliphatic rings.